The van der Waals surface area contributed by atoms with Crippen LogP contribution in [-0.4, -0.2) is 45.7 Å². The SMILES string of the molecule is NCC1(c2[nH]c3c(c2C(=O)O)CCc2cnc(-c4cccc(F)c4)nc2-3)CNC1. The normalized spacial score (nSPS) is 16.6. The summed E-state index contributed by atoms with van der Waals surface area (Å²) >= 11 is 0. The summed E-state index contributed by atoms with van der Waals surface area (Å²) in [4.78, 5) is 24.6. The second-order valence-electron chi connectivity index (χ2n) is 7.70. The van der Waals surface area contributed by atoms with E-state index in [0.717, 1.165) is 11.1 Å². The van der Waals surface area contributed by atoms with E-state index in [-0.39, 0.29) is 5.82 Å². The van der Waals surface area contributed by atoms with Crippen LogP contribution in [0.5, 0.6) is 0 Å². The maximum Gasteiger partial charge on any atom is 0.337 e. The van der Waals surface area contributed by atoms with Crippen molar-refractivity contribution < 1.29 is 14.3 Å². The van der Waals surface area contributed by atoms with Crippen molar-refractivity contribution in [1.82, 2.24) is 20.3 Å². The quantitative estimate of drug-likeness (QED) is 0.538. The Morgan fingerprint density at radius 1 is 1.31 bits per heavy atom. The van der Waals surface area contributed by atoms with Crippen molar-refractivity contribution >= 4 is 5.97 Å². The monoisotopic (exact) mass is 393 g/mol. The van der Waals surface area contributed by atoms with Crippen LogP contribution in [0.15, 0.2) is 30.5 Å². The molecule has 2 aliphatic rings. The largest absolute Gasteiger partial charge is 0.478 e. The van der Waals surface area contributed by atoms with Gasteiger partial charge in [0.25, 0.3) is 0 Å². The molecular weight excluding hydrogens is 373 g/mol. The molecule has 2 aromatic heterocycles. The molecule has 5 N–H and O–H groups in total. The zero-order chi connectivity index (χ0) is 20.2. The number of carbonyl (C=O) groups is 1. The predicted octanol–water partition coefficient (Wildman–Crippen LogP) is 1.87. The molecule has 5 rings (SSSR count). The van der Waals surface area contributed by atoms with E-state index in [2.05, 4.69) is 20.3 Å². The number of H-pyrrole nitrogens is 1. The van der Waals surface area contributed by atoms with Crippen LogP contribution >= 0.6 is 0 Å². The number of rotatable bonds is 4. The second kappa shape index (κ2) is 6.47. The van der Waals surface area contributed by atoms with E-state index in [1.54, 1.807) is 18.3 Å². The Balaban J connectivity index is 1.69. The number of aromatic carboxylic acids is 1. The average molecular weight is 393 g/mol. The molecule has 1 aliphatic carbocycles. The van der Waals surface area contributed by atoms with E-state index in [1.165, 1.54) is 12.1 Å². The van der Waals surface area contributed by atoms with Crippen molar-refractivity contribution in [3.8, 4) is 22.8 Å². The Morgan fingerprint density at radius 2 is 2.14 bits per heavy atom. The molecule has 1 saturated heterocycles. The summed E-state index contributed by atoms with van der Waals surface area (Å²) in [5.74, 6) is -0.912. The predicted molar refractivity (Wildman–Crippen MR) is 105 cm³/mol. The zero-order valence-electron chi connectivity index (χ0n) is 15.6. The third-order valence-corrected chi connectivity index (χ3v) is 5.99. The number of carboxylic acids is 1. The summed E-state index contributed by atoms with van der Waals surface area (Å²) in [6.45, 7) is 1.62. The van der Waals surface area contributed by atoms with Gasteiger partial charge in [-0.15, -0.1) is 0 Å². The van der Waals surface area contributed by atoms with Crippen molar-refractivity contribution in [2.45, 2.75) is 18.3 Å². The van der Waals surface area contributed by atoms with Gasteiger partial charge in [-0.05, 0) is 36.1 Å². The van der Waals surface area contributed by atoms with Crippen LogP contribution in [0.1, 0.15) is 27.2 Å². The highest BCUT2D eigenvalue weighted by atomic mass is 19.1. The minimum atomic E-state index is -0.958. The highest BCUT2D eigenvalue weighted by molar-refractivity contribution is 5.95. The summed E-state index contributed by atoms with van der Waals surface area (Å²) in [7, 11) is 0. The molecule has 0 atom stereocenters. The number of fused-ring (bicyclic) bond motifs is 3. The van der Waals surface area contributed by atoms with E-state index in [1.807, 2.05) is 0 Å². The van der Waals surface area contributed by atoms with Crippen LogP contribution in [-0.2, 0) is 18.3 Å². The van der Waals surface area contributed by atoms with E-state index in [9.17, 15) is 14.3 Å². The van der Waals surface area contributed by atoms with Gasteiger partial charge in [0.2, 0.25) is 0 Å². The Morgan fingerprint density at radius 3 is 2.79 bits per heavy atom. The number of carboxylic acid groups (broad SMARTS) is 1. The zero-order valence-corrected chi connectivity index (χ0v) is 15.6. The van der Waals surface area contributed by atoms with E-state index in [0.29, 0.717) is 66.5 Å². The van der Waals surface area contributed by atoms with Crippen molar-refractivity contribution in [2.24, 2.45) is 5.73 Å². The van der Waals surface area contributed by atoms with E-state index < -0.39 is 11.4 Å². The Labute approximate surface area is 166 Å². The Bertz CT molecular complexity index is 1130. The molecule has 0 radical (unpaired) electrons. The Hall–Kier alpha value is -3.10. The first-order valence-electron chi connectivity index (χ1n) is 9.54. The van der Waals surface area contributed by atoms with Crippen molar-refractivity contribution in [1.29, 1.82) is 0 Å². The highest BCUT2D eigenvalue weighted by Crippen LogP contribution is 2.40. The van der Waals surface area contributed by atoms with Gasteiger partial charge >= 0.3 is 5.97 Å². The molecule has 0 amide bonds. The number of nitrogens with two attached hydrogens (primary N) is 1. The summed E-state index contributed by atoms with van der Waals surface area (Å²) < 4.78 is 13.6. The van der Waals surface area contributed by atoms with Crippen molar-refractivity contribution in [2.75, 3.05) is 19.6 Å². The number of hydrogen-bond acceptors (Lipinski definition) is 5. The molecule has 0 bridgehead atoms. The van der Waals surface area contributed by atoms with Gasteiger partial charge in [-0.3, -0.25) is 0 Å². The van der Waals surface area contributed by atoms with Crippen LogP contribution in [0, 0.1) is 5.82 Å². The van der Waals surface area contributed by atoms with E-state index >= 15 is 0 Å². The molecule has 1 fully saturated rings. The van der Waals surface area contributed by atoms with Gasteiger partial charge in [0.05, 0.1) is 17.0 Å². The van der Waals surface area contributed by atoms with Gasteiger partial charge in [0.1, 0.15) is 5.82 Å². The maximum atomic E-state index is 13.6. The Kier molecular flexibility index (Phi) is 4.01. The highest BCUT2D eigenvalue weighted by Gasteiger charge is 2.44. The first-order chi connectivity index (χ1) is 14.0. The van der Waals surface area contributed by atoms with Crippen LogP contribution in [0.3, 0.4) is 0 Å². The minimum Gasteiger partial charge on any atom is -0.478 e. The number of nitrogens with zero attached hydrogens (tertiary/aromatic N) is 2. The van der Waals surface area contributed by atoms with Crippen molar-refractivity contribution in [3.63, 3.8) is 0 Å². The third kappa shape index (κ3) is 2.67. The first-order valence-corrected chi connectivity index (χ1v) is 9.54. The standard InChI is InChI=1S/C21H20FN5O2/c22-13-3-1-2-11(6-13)19-25-7-12-4-5-14-15(20(28)29)18(21(8-23)9-24-10-21)26-17(14)16(12)27-19/h1-3,6-7,24,26H,4-5,8-10,23H2,(H,28,29). The molecule has 0 saturated carbocycles. The van der Waals surface area contributed by atoms with Crippen LogP contribution in [0.4, 0.5) is 4.39 Å². The van der Waals surface area contributed by atoms with Gasteiger partial charge < -0.3 is 21.1 Å². The first kappa shape index (κ1) is 18.0. The molecular formula is C21H20FN5O2. The summed E-state index contributed by atoms with van der Waals surface area (Å²) in [6.07, 6.45) is 2.99. The molecule has 1 aromatic carbocycles. The lowest BCUT2D eigenvalue weighted by atomic mass is 9.76. The topological polar surface area (TPSA) is 117 Å². The maximum absolute atomic E-state index is 13.6. The summed E-state index contributed by atoms with van der Waals surface area (Å²) in [5.41, 5.74) is 10.2. The van der Waals surface area contributed by atoms with Gasteiger partial charge in [0, 0.05) is 42.5 Å². The van der Waals surface area contributed by atoms with Gasteiger partial charge in [0.15, 0.2) is 5.82 Å². The number of aromatic amines is 1. The number of aryl methyl sites for hydroxylation is 1. The fraction of sp³-hybridized carbons (Fsp3) is 0.286. The molecule has 148 valence electrons. The molecule has 0 spiro atoms. The van der Waals surface area contributed by atoms with Crippen LogP contribution < -0.4 is 11.1 Å². The molecule has 1 aliphatic heterocycles. The molecule has 0 unspecified atom stereocenters. The minimum absolute atomic E-state index is 0.309. The average Bonchev–Trinajstić information content (AvgIpc) is 3.07. The lowest BCUT2D eigenvalue weighted by Crippen LogP contribution is -2.61. The number of halogens is 1. The lowest BCUT2D eigenvalue weighted by Gasteiger charge is -2.41. The smallest absolute Gasteiger partial charge is 0.337 e. The number of aromatic nitrogens is 3. The van der Waals surface area contributed by atoms with E-state index in [4.69, 9.17) is 5.73 Å². The molecule has 7 nitrogen and oxygen atoms in total. The fourth-order valence-electron chi connectivity index (χ4n) is 4.31. The van der Waals surface area contributed by atoms with Crippen LogP contribution in [0.25, 0.3) is 22.8 Å². The molecule has 3 heterocycles. The van der Waals surface area contributed by atoms with Gasteiger partial charge in [-0.1, -0.05) is 12.1 Å². The molecule has 8 heteroatoms. The third-order valence-electron chi connectivity index (χ3n) is 5.99. The summed E-state index contributed by atoms with van der Waals surface area (Å²) in [6, 6.07) is 6.12. The lowest BCUT2D eigenvalue weighted by molar-refractivity contribution is 0.0691. The van der Waals surface area contributed by atoms with Crippen LogP contribution in [0.2, 0.25) is 0 Å². The van der Waals surface area contributed by atoms with Crippen molar-refractivity contribution in [3.05, 3.63) is 58.7 Å². The fourth-order valence-corrected chi connectivity index (χ4v) is 4.31. The van der Waals surface area contributed by atoms with Gasteiger partial charge in [-0.25, -0.2) is 19.2 Å². The second-order valence-corrected chi connectivity index (χ2v) is 7.70. The number of nitrogens with one attached hydrogen (secondary N) is 2. The number of benzene rings is 1. The number of hydrogen-bond donors (Lipinski definition) is 4. The molecule has 29 heavy (non-hydrogen) atoms. The van der Waals surface area contributed by atoms with Gasteiger partial charge in [-0.2, -0.15) is 0 Å². The summed E-state index contributed by atoms with van der Waals surface area (Å²) in [5, 5.41) is 13.1. The molecule has 3 aromatic rings.